The smallest absolute Gasteiger partial charge is 0.481 e. The fraction of sp³-hybridized carbons (Fsp3) is 0.444. The average Bonchev–Trinajstić information content (AvgIpc) is 2.60. The molecule has 1 aliphatic rings. The summed E-state index contributed by atoms with van der Waals surface area (Å²) >= 11 is 0. The van der Waals surface area contributed by atoms with Gasteiger partial charge < -0.3 is 15.2 Å². The highest BCUT2D eigenvalue weighted by Crippen LogP contribution is 2.40. The van der Waals surface area contributed by atoms with Crippen LogP contribution >= 0.6 is 0 Å². The van der Waals surface area contributed by atoms with E-state index in [-0.39, 0.29) is 11.8 Å². The molecule has 1 atom stereocenters. The maximum absolute atomic E-state index is 11.2. The molecule has 1 aliphatic carbocycles. The van der Waals surface area contributed by atoms with Crippen molar-refractivity contribution in [1.29, 1.82) is 0 Å². The van der Waals surface area contributed by atoms with Crippen molar-refractivity contribution < 1.29 is 19.9 Å². The first kappa shape index (κ1) is 16.9. The lowest BCUT2D eigenvalue weighted by Gasteiger charge is -2.31. The van der Waals surface area contributed by atoms with Crippen molar-refractivity contribution in [2.75, 3.05) is 0 Å². The van der Waals surface area contributed by atoms with Gasteiger partial charge in [0, 0.05) is 11.6 Å². The van der Waals surface area contributed by atoms with Gasteiger partial charge in [0.25, 0.3) is 0 Å². The van der Waals surface area contributed by atoms with Crippen molar-refractivity contribution >= 4 is 29.5 Å². The Morgan fingerprint density at radius 3 is 2.54 bits per heavy atom. The van der Waals surface area contributed by atoms with E-state index < -0.39 is 13.1 Å². The Balaban J connectivity index is 1.85. The van der Waals surface area contributed by atoms with E-state index in [1.807, 2.05) is 12.1 Å². The molecule has 24 heavy (non-hydrogen) atoms. The van der Waals surface area contributed by atoms with Gasteiger partial charge in [-0.05, 0) is 60.7 Å². The molecule has 1 saturated carbocycles. The minimum Gasteiger partial charge on any atom is -0.481 e. The second-order valence-corrected chi connectivity index (χ2v) is 6.79. The lowest BCUT2D eigenvalue weighted by atomic mass is 9.73. The van der Waals surface area contributed by atoms with Crippen LogP contribution in [0.1, 0.15) is 44.1 Å². The number of aliphatic carboxylic acids is 1. The average molecular weight is 327 g/mol. The molecule has 0 amide bonds. The number of benzene rings is 1. The van der Waals surface area contributed by atoms with Gasteiger partial charge in [-0.2, -0.15) is 0 Å². The number of rotatable bonds is 4. The van der Waals surface area contributed by atoms with Gasteiger partial charge in [-0.15, -0.1) is 0 Å². The Hall–Kier alpha value is -1.92. The van der Waals surface area contributed by atoms with Gasteiger partial charge in [0.15, 0.2) is 0 Å². The maximum atomic E-state index is 11.2. The van der Waals surface area contributed by atoms with E-state index in [9.17, 15) is 19.9 Å². The van der Waals surface area contributed by atoms with Gasteiger partial charge in [-0.3, -0.25) is 9.78 Å². The Bertz CT molecular complexity index is 741. The molecule has 5 nitrogen and oxygen atoms in total. The van der Waals surface area contributed by atoms with Gasteiger partial charge in [-0.1, -0.05) is 19.1 Å². The largest absolute Gasteiger partial charge is 0.488 e. The molecule has 126 valence electrons. The number of carboxylic acids is 1. The molecule has 0 unspecified atom stereocenters. The number of pyridine rings is 1. The molecule has 0 radical (unpaired) electrons. The lowest BCUT2D eigenvalue weighted by molar-refractivity contribution is -0.143. The predicted molar refractivity (Wildman–Crippen MR) is 93.1 cm³/mol. The molecule has 3 N–H and O–H groups in total. The molecule has 1 heterocycles. The highest BCUT2D eigenvalue weighted by molar-refractivity contribution is 6.58. The number of carboxylic acid groups (broad SMARTS) is 1. The molecule has 0 aliphatic heterocycles. The molecule has 1 fully saturated rings. The quantitative estimate of drug-likeness (QED) is 0.746. The number of hydrogen-bond acceptors (Lipinski definition) is 4. The summed E-state index contributed by atoms with van der Waals surface area (Å²) in [5.74, 6) is -0.411. The molecule has 0 bridgehead atoms. The van der Waals surface area contributed by atoms with Crippen LogP contribution in [-0.4, -0.2) is 33.2 Å². The van der Waals surface area contributed by atoms with E-state index in [4.69, 9.17) is 0 Å². The highest BCUT2D eigenvalue weighted by atomic mass is 16.4. The summed E-state index contributed by atoms with van der Waals surface area (Å²) < 4.78 is 0. The van der Waals surface area contributed by atoms with Crippen molar-refractivity contribution in [2.24, 2.45) is 11.8 Å². The highest BCUT2D eigenvalue weighted by Gasteiger charge is 2.30. The van der Waals surface area contributed by atoms with Crippen LogP contribution < -0.4 is 5.46 Å². The summed E-state index contributed by atoms with van der Waals surface area (Å²) in [4.78, 5) is 15.5. The van der Waals surface area contributed by atoms with E-state index in [0.29, 0.717) is 11.4 Å². The van der Waals surface area contributed by atoms with Crippen LogP contribution in [0.15, 0.2) is 30.5 Å². The standard InChI is InChI=1S/C18H22BNO4/c1-11(18(21)22)12-2-4-13(5-3-12)15-8-9-20-17-7-6-14(19(23)24)10-16(15)17/h6-13,23-24H,2-5H2,1H3,(H,21,22)/t11-,12?,13?/m1/s1. The zero-order valence-corrected chi connectivity index (χ0v) is 13.7. The summed E-state index contributed by atoms with van der Waals surface area (Å²) in [7, 11) is -1.49. The molecule has 3 rings (SSSR count). The Labute approximate surface area is 141 Å². The van der Waals surface area contributed by atoms with E-state index in [2.05, 4.69) is 4.98 Å². The third-order valence-electron chi connectivity index (χ3n) is 5.41. The van der Waals surface area contributed by atoms with Gasteiger partial charge in [0.1, 0.15) is 0 Å². The van der Waals surface area contributed by atoms with Gasteiger partial charge in [0.2, 0.25) is 0 Å². The van der Waals surface area contributed by atoms with Crippen molar-refractivity contribution in [3.8, 4) is 0 Å². The van der Waals surface area contributed by atoms with Crippen LogP contribution in [-0.2, 0) is 4.79 Å². The zero-order chi connectivity index (χ0) is 17.3. The number of carbonyl (C=O) groups is 1. The van der Waals surface area contributed by atoms with E-state index in [1.165, 1.54) is 5.56 Å². The Morgan fingerprint density at radius 2 is 1.92 bits per heavy atom. The summed E-state index contributed by atoms with van der Waals surface area (Å²) in [6.07, 6.45) is 5.51. The van der Waals surface area contributed by atoms with E-state index >= 15 is 0 Å². The van der Waals surface area contributed by atoms with E-state index in [1.54, 1.807) is 25.3 Å². The van der Waals surface area contributed by atoms with Gasteiger partial charge in [-0.25, -0.2) is 0 Å². The molecular formula is C18H22BNO4. The van der Waals surface area contributed by atoms with Crippen molar-refractivity contribution in [1.82, 2.24) is 4.98 Å². The second kappa shape index (κ2) is 6.91. The third kappa shape index (κ3) is 3.30. The SMILES string of the molecule is C[C@@H](C(=O)O)C1CCC(c2ccnc3ccc(B(O)O)cc23)CC1. The van der Waals surface area contributed by atoms with Crippen LogP contribution in [0.25, 0.3) is 10.9 Å². The minimum absolute atomic E-state index is 0.238. The lowest BCUT2D eigenvalue weighted by Crippen LogP contribution is -2.29. The number of nitrogens with zero attached hydrogens (tertiary/aromatic N) is 1. The molecule has 1 aromatic carbocycles. The molecule has 1 aromatic heterocycles. The Morgan fingerprint density at radius 1 is 1.21 bits per heavy atom. The first-order valence-corrected chi connectivity index (χ1v) is 8.45. The molecular weight excluding hydrogens is 305 g/mol. The van der Waals surface area contributed by atoms with Crippen LogP contribution in [0.2, 0.25) is 0 Å². The van der Waals surface area contributed by atoms with E-state index in [0.717, 1.165) is 36.6 Å². The maximum Gasteiger partial charge on any atom is 0.488 e. The number of aromatic nitrogens is 1. The molecule has 2 aromatic rings. The third-order valence-corrected chi connectivity index (χ3v) is 5.41. The summed E-state index contributed by atoms with van der Waals surface area (Å²) in [6.45, 7) is 1.80. The summed E-state index contributed by atoms with van der Waals surface area (Å²) in [5, 5.41) is 29.0. The minimum atomic E-state index is -1.49. The van der Waals surface area contributed by atoms with Crippen LogP contribution in [0, 0.1) is 11.8 Å². The normalized spacial score (nSPS) is 22.3. The second-order valence-electron chi connectivity index (χ2n) is 6.79. The fourth-order valence-corrected chi connectivity index (χ4v) is 3.83. The predicted octanol–water partition coefficient (Wildman–Crippen LogP) is 1.91. The number of hydrogen-bond donors (Lipinski definition) is 3. The van der Waals surface area contributed by atoms with Gasteiger partial charge in [0.05, 0.1) is 11.4 Å². The zero-order valence-electron chi connectivity index (χ0n) is 13.7. The van der Waals surface area contributed by atoms with Gasteiger partial charge >= 0.3 is 13.1 Å². The first-order chi connectivity index (χ1) is 11.5. The molecule has 6 heteroatoms. The number of fused-ring (bicyclic) bond motifs is 1. The van der Waals surface area contributed by atoms with Crippen LogP contribution in [0.5, 0.6) is 0 Å². The molecule has 0 spiro atoms. The fourth-order valence-electron chi connectivity index (χ4n) is 3.83. The Kier molecular flexibility index (Phi) is 4.87. The topological polar surface area (TPSA) is 90.7 Å². The van der Waals surface area contributed by atoms with Crippen LogP contribution in [0.4, 0.5) is 0 Å². The monoisotopic (exact) mass is 327 g/mol. The van der Waals surface area contributed by atoms with Crippen LogP contribution in [0.3, 0.4) is 0 Å². The first-order valence-electron chi connectivity index (χ1n) is 8.45. The van der Waals surface area contributed by atoms with Crippen molar-refractivity contribution in [2.45, 2.75) is 38.5 Å². The summed E-state index contributed by atoms with van der Waals surface area (Å²) in [6, 6.07) is 7.29. The molecule has 0 saturated heterocycles. The summed E-state index contributed by atoms with van der Waals surface area (Å²) in [5.41, 5.74) is 2.48. The van der Waals surface area contributed by atoms with Crippen molar-refractivity contribution in [3.63, 3.8) is 0 Å². The van der Waals surface area contributed by atoms with Crippen molar-refractivity contribution in [3.05, 3.63) is 36.0 Å².